The molecule has 0 bridgehead atoms. The third-order valence-electron chi connectivity index (χ3n) is 5.24. The fourth-order valence-electron chi connectivity index (χ4n) is 4.06. The van der Waals surface area contributed by atoms with Gasteiger partial charge in [-0.05, 0) is 16.7 Å². The summed E-state index contributed by atoms with van der Waals surface area (Å²) >= 11 is 0. The third kappa shape index (κ3) is 3.78. The second kappa shape index (κ2) is 7.71. The molecule has 0 aliphatic carbocycles. The van der Waals surface area contributed by atoms with Crippen molar-refractivity contribution in [3.63, 3.8) is 0 Å². The van der Waals surface area contributed by atoms with Crippen LogP contribution in [0, 0.1) is 0 Å². The summed E-state index contributed by atoms with van der Waals surface area (Å²) in [5.74, 6) is 0.457. The van der Waals surface area contributed by atoms with Gasteiger partial charge in [-0.3, -0.25) is 9.69 Å². The standard InChI is InChI=1S/C23H24N2O/c26-23-14-19-12-8-3-1-2-4-9-13-20(19)21-16-25(17-22(21)24-23)15-18-10-6-5-7-11-18/h1-13,21-22H,14-17H2,(H,24,26). The van der Waals surface area contributed by atoms with Crippen LogP contribution in [0.1, 0.15) is 22.6 Å². The third-order valence-corrected chi connectivity index (χ3v) is 5.24. The number of nitrogens with one attached hydrogen (secondary N) is 1. The monoisotopic (exact) mass is 344 g/mol. The first-order valence-corrected chi connectivity index (χ1v) is 9.26. The lowest BCUT2D eigenvalue weighted by Gasteiger charge is -2.17. The number of hydrogen-bond acceptors (Lipinski definition) is 2. The van der Waals surface area contributed by atoms with Crippen LogP contribution in [0.3, 0.4) is 0 Å². The molecule has 26 heavy (non-hydrogen) atoms. The number of carbonyl (C=O) groups is 1. The summed E-state index contributed by atoms with van der Waals surface area (Å²) in [7, 11) is 0. The molecule has 2 aromatic carbocycles. The molecule has 2 atom stereocenters. The fraction of sp³-hybridized carbons (Fsp3) is 0.261. The van der Waals surface area contributed by atoms with Crippen molar-refractivity contribution in [2.75, 3.05) is 13.1 Å². The van der Waals surface area contributed by atoms with E-state index in [1.54, 1.807) is 0 Å². The van der Waals surface area contributed by atoms with E-state index < -0.39 is 0 Å². The molecule has 0 radical (unpaired) electrons. The van der Waals surface area contributed by atoms with Gasteiger partial charge in [-0.15, -0.1) is 0 Å². The molecule has 1 amide bonds. The van der Waals surface area contributed by atoms with Crippen molar-refractivity contribution in [1.82, 2.24) is 10.2 Å². The zero-order valence-corrected chi connectivity index (χ0v) is 14.8. The molecule has 4 rings (SSSR count). The van der Waals surface area contributed by atoms with E-state index in [1.165, 1.54) is 11.1 Å². The Hall–Kier alpha value is -2.65. The molecule has 2 aromatic rings. The van der Waals surface area contributed by atoms with Gasteiger partial charge in [0, 0.05) is 31.6 Å². The largest absolute Gasteiger partial charge is 0.351 e. The quantitative estimate of drug-likeness (QED) is 0.905. The van der Waals surface area contributed by atoms with E-state index in [4.69, 9.17) is 0 Å². The van der Waals surface area contributed by atoms with Crippen LogP contribution in [0.5, 0.6) is 0 Å². The molecule has 1 saturated heterocycles. The minimum atomic E-state index is 0.126. The van der Waals surface area contributed by atoms with Crippen molar-refractivity contribution in [2.24, 2.45) is 0 Å². The van der Waals surface area contributed by atoms with Gasteiger partial charge in [-0.2, -0.15) is 0 Å². The number of amides is 1. The summed E-state index contributed by atoms with van der Waals surface area (Å²) in [5.41, 5.74) is 3.74. The van der Waals surface area contributed by atoms with Gasteiger partial charge in [0.15, 0.2) is 0 Å². The first-order valence-electron chi connectivity index (χ1n) is 9.26. The molecule has 2 unspecified atom stereocenters. The van der Waals surface area contributed by atoms with Crippen LogP contribution in [0.4, 0.5) is 0 Å². The number of nitrogens with zero attached hydrogens (tertiary/aromatic N) is 1. The molecule has 2 aliphatic rings. The first-order chi connectivity index (χ1) is 12.8. The zero-order chi connectivity index (χ0) is 17.8. The SMILES string of the molecule is O=C1Cc2ccccccccc2C2CN(Cc3ccccc3)CC2N1. The van der Waals surface area contributed by atoms with Gasteiger partial charge in [0.25, 0.3) is 0 Å². The predicted octanol–water partition coefficient (Wildman–Crippen LogP) is 3.45. The number of fused-ring (bicyclic) bond motifs is 3. The molecule has 132 valence electrons. The average Bonchev–Trinajstić information content (AvgIpc) is 2.97. The predicted molar refractivity (Wildman–Crippen MR) is 104 cm³/mol. The highest BCUT2D eigenvalue weighted by atomic mass is 16.1. The summed E-state index contributed by atoms with van der Waals surface area (Å²) in [5, 5.41) is 3.26. The minimum absolute atomic E-state index is 0.126. The zero-order valence-electron chi connectivity index (χ0n) is 14.8. The Morgan fingerprint density at radius 1 is 0.846 bits per heavy atom. The maximum atomic E-state index is 12.4. The van der Waals surface area contributed by atoms with Crippen LogP contribution < -0.4 is 5.32 Å². The van der Waals surface area contributed by atoms with E-state index in [-0.39, 0.29) is 11.9 Å². The molecular weight excluding hydrogens is 320 g/mol. The topological polar surface area (TPSA) is 32.3 Å². The molecule has 2 aliphatic heterocycles. The van der Waals surface area contributed by atoms with E-state index in [0.717, 1.165) is 25.2 Å². The van der Waals surface area contributed by atoms with Gasteiger partial charge in [0.1, 0.15) is 0 Å². The van der Waals surface area contributed by atoms with Crippen LogP contribution in [0.2, 0.25) is 0 Å². The summed E-state index contributed by atoms with van der Waals surface area (Å²) in [6, 6.07) is 27.2. The van der Waals surface area contributed by atoms with Crippen molar-refractivity contribution < 1.29 is 4.79 Å². The smallest absolute Gasteiger partial charge is 0.224 e. The van der Waals surface area contributed by atoms with Gasteiger partial charge < -0.3 is 5.32 Å². The Kier molecular flexibility index (Phi) is 4.98. The fourth-order valence-corrected chi connectivity index (χ4v) is 4.06. The van der Waals surface area contributed by atoms with Crippen molar-refractivity contribution in [2.45, 2.75) is 24.9 Å². The Morgan fingerprint density at radius 3 is 2.31 bits per heavy atom. The minimum Gasteiger partial charge on any atom is -0.351 e. The lowest BCUT2D eigenvalue weighted by atomic mass is 9.92. The number of hydrogen-bond donors (Lipinski definition) is 1. The van der Waals surface area contributed by atoms with Gasteiger partial charge in [-0.1, -0.05) is 78.9 Å². The molecule has 2 heterocycles. The molecule has 0 saturated carbocycles. The maximum Gasteiger partial charge on any atom is 0.224 e. The lowest BCUT2D eigenvalue weighted by Crippen LogP contribution is -2.38. The average molecular weight is 344 g/mol. The Balaban J connectivity index is 1.67. The number of likely N-dealkylation sites (tertiary alicyclic amines) is 1. The van der Waals surface area contributed by atoms with Crippen LogP contribution >= 0.6 is 0 Å². The van der Waals surface area contributed by atoms with Crippen LogP contribution in [-0.4, -0.2) is 29.9 Å². The Bertz CT molecular complexity index is 832. The van der Waals surface area contributed by atoms with Crippen molar-refractivity contribution in [1.29, 1.82) is 0 Å². The van der Waals surface area contributed by atoms with Gasteiger partial charge in [0.05, 0.1) is 6.42 Å². The van der Waals surface area contributed by atoms with Gasteiger partial charge in [0.2, 0.25) is 5.91 Å². The molecule has 3 heteroatoms. The van der Waals surface area contributed by atoms with E-state index in [0.29, 0.717) is 12.3 Å². The Labute approximate surface area is 155 Å². The number of rotatable bonds is 2. The maximum absolute atomic E-state index is 12.4. The summed E-state index contributed by atoms with van der Waals surface area (Å²) in [4.78, 5) is 14.9. The highest BCUT2D eigenvalue weighted by Gasteiger charge is 2.37. The van der Waals surface area contributed by atoms with Gasteiger partial charge >= 0.3 is 0 Å². The normalized spacial score (nSPS) is 21.8. The second-order valence-electron chi connectivity index (χ2n) is 7.11. The van der Waals surface area contributed by atoms with E-state index >= 15 is 0 Å². The summed E-state index contributed by atoms with van der Waals surface area (Å²) in [6.07, 6.45) is 0.458. The van der Waals surface area contributed by atoms with Crippen LogP contribution in [0.25, 0.3) is 0 Å². The van der Waals surface area contributed by atoms with Crippen LogP contribution in [-0.2, 0) is 17.8 Å². The number of carbonyl (C=O) groups excluding carboxylic acids is 1. The van der Waals surface area contributed by atoms with E-state index in [1.807, 2.05) is 36.4 Å². The van der Waals surface area contributed by atoms with Gasteiger partial charge in [-0.25, -0.2) is 0 Å². The van der Waals surface area contributed by atoms with E-state index in [9.17, 15) is 4.79 Å². The Morgan fingerprint density at radius 2 is 1.50 bits per heavy atom. The summed E-state index contributed by atoms with van der Waals surface area (Å²) in [6.45, 7) is 2.79. The van der Waals surface area contributed by atoms with E-state index in [2.05, 4.69) is 52.7 Å². The van der Waals surface area contributed by atoms with Crippen LogP contribution in [0.15, 0.2) is 78.9 Å². The molecule has 3 nitrogen and oxygen atoms in total. The molecule has 1 fully saturated rings. The second-order valence-corrected chi connectivity index (χ2v) is 7.11. The highest BCUT2D eigenvalue weighted by Crippen LogP contribution is 2.32. The molecule has 0 aromatic heterocycles. The van der Waals surface area contributed by atoms with Crippen molar-refractivity contribution >= 4 is 5.91 Å². The first kappa shape index (κ1) is 16.8. The molecule has 0 spiro atoms. The van der Waals surface area contributed by atoms with Crippen molar-refractivity contribution in [3.05, 3.63) is 95.6 Å². The molecule has 1 N–H and O–H groups in total. The molecular formula is C23H24N2O. The lowest BCUT2D eigenvalue weighted by molar-refractivity contribution is -0.120. The van der Waals surface area contributed by atoms with Crippen molar-refractivity contribution in [3.8, 4) is 0 Å². The number of benzene rings is 1. The summed E-state index contributed by atoms with van der Waals surface area (Å²) < 4.78 is 0. The highest BCUT2D eigenvalue weighted by molar-refractivity contribution is 5.80.